The van der Waals surface area contributed by atoms with Crippen molar-refractivity contribution in [2.45, 2.75) is 6.04 Å². The number of methoxy groups -OCH3 is 1. The van der Waals surface area contributed by atoms with Crippen molar-refractivity contribution in [3.8, 4) is 5.75 Å². The molecule has 21 heavy (non-hydrogen) atoms. The average Bonchev–Trinajstić information content (AvgIpc) is 2.42. The van der Waals surface area contributed by atoms with Crippen molar-refractivity contribution in [1.29, 1.82) is 0 Å². The van der Waals surface area contributed by atoms with Crippen LogP contribution in [0, 0.1) is 5.82 Å². The standard InChI is InChI=1S/C15H13Br2ClFNO/c1-20-14(13-10(16)4-3-5-12(13)19)9-6-8(18)7-11(17)15(9)21-2/h3-7,14,20H,1-2H3. The Bertz CT molecular complexity index is 646. The van der Waals surface area contributed by atoms with Gasteiger partial charge in [-0.3, -0.25) is 0 Å². The van der Waals surface area contributed by atoms with Crippen molar-refractivity contribution in [3.63, 3.8) is 0 Å². The number of hydrogen-bond acceptors (Lipinski definition) is 2. The monoisotopic (exact) mass is 435 g/mol. The van der Waals surface area contributed by atoms with Crippen LogP contribution in [0.1, 0.15) is 17.2 Å². The van der Waals surface area contributed by atoms with Crippen LogP contribution in [0.5, 0.6) is 5.75 Å². The summed E-state index contributed by atoms with van der Waals surface area (Å²) in [6.07, 6.45) is 0. The lowest BCUT2D eigenvalue weighted by atomic mass is 9.97. The van der Waals surface area contributed by atoms with E-state index in [1.165, 1.54) is 6.07 Å². The summed E-state index contributed by atoms with van der Waals surface area (Å²) in [5, 5.41) is 3.66. The second kappa shape index (κ2) is 7.09. The number of halogens is 4. The molecule has 2 rings (SSSR count). The molecule has 2 aromatic carbocycles. The summed E-state index contributed by atoms with van der Waals surface area (Å²) >= 11 is 13.0. The molecule has 0 fully saturated rings. The fourth-order valence-corrected chi connectivity index (χ4v) is 3.82. The fraction of sp³-hybridized carbons (Fsp3) is 0.200. The molecule has 1 unspecified atom stereocenters. The predicted octanol–water partition coefficient (Wildman–Crippen LogP) is 5.32. The molecule has 6 heteroatoms. The van der Waals surface area contributed by atoms with Crippen LogP contribution >= 0.6 is 43.5 Å². The summed E-state index contributed by atoms with van der Waals surface area (Å²) < 4.78 is 21.1. The van der Waals surface area contributed by atoms with Crippen molar-refractivity contribution in [2.24, 2.45) is 0 Å². The maximum absolute atomic E-state index is 14.3. The third-order valence-corrected chi connectivity index (χ3v) is 4.63. The molecule has 0 saturated carbocycles. The summed E-state index contributed by atoms with van der Waals surface area (Å²) in [5.41, 5.74) is 1.26. The van der Waals surface area contributed by atoms with Gasteiger partial charge in [-0.25, -0.2) is 4.39 Å². The van der Waals surface area contributed by atoms with E-state index >= 15 is 0 Å². The van der Waals surface area contributed by atoms with Crippen molar-refractivity contribution in [1.82, 2.24) is 5.32 Å². The van der Waals surface area contributed by atoms with Gasteiger partial charge in [0.2, 0.25) is 0 Å². The molecule has 2 aromatic rings. The number of nitrogens with one attached hydrogen (secondary N) is 1. The molecule has 0 aliphatic carbocycles. The molecule has 0 aliphatic rings. The molecule has 0 amide bonds. The molecule has 0 radical (unpaired) electrons. The highest BCUT2D eigenvalue weighted by molar-refractivity contribution is 9.10. The Hall–Kier alpha value is -0.620. The van der Waals surface area contributed by atoms with Crippen LogP contribution in [0.3, 0.4) is 0 Å². The van der Waals surface area contributed by atoms with E-state index in [-0.39, 0.29) is 5.82 Å². The second-order valence-corrected chi connectivity index (χ2v) is 6.51. The Morgan fingerprint density at radius 1 is 1.24 bits per heavy atom. The van der Waals surface area contributed by atoms with Crippen LogP contribution in [-0.2, 0) is 0 Å². The molecule has 1 N–H and O–H groups in total. The second-order valence-electron chi connectivity index (χ2n) is 4.37. The highest BCUT2D eigenvalue weighted by Crippen LogP contribution is 2.40. The average molecular weight is 438 g/mol. The van der Waals surface area contributed by atoms with E-state index in [0.29, 0.717) is 20.8 Å². The summed E-state index contributed by atoms with van der Waals surface area (Å²) in [6.45, 7) is 0. The van der Waals surface area contributed by atoms with Crippen molar-refractivity contribution in [3.05, 3.63) is 61.2 Å². The van der Waals surface area contributed by atoms with Gasteiger partial charge in [0.05, 0.1) is 17.6 Å². The number of ether oxygens (including phenoxy) is 1. The van der Waals surface area contributed by atoms with Crippen LogP contribution in [0.15, 0.2) is 39.3 Å². The highest BCUT2D eigenvalue weighted by atomic mass is 79.9. The van der Waals surface area contributed by atoms with Gasteiger partial charge in [-0.2, -0.15) is 0 Å². The van der Waals surface area contributed by atoms with Crippen molar-refractivity contribution >= 4 is 43.5 Å². The molecule has 0 saturated heterocycles. The minimum absolute atomic E-state index is 0.304. The molecular weight excluding hydrogens is 424 g/mol. The van der Waals surface area contributed by atoms with Gasteiger partial charge in [-0.05, 0) is 47.2 Å². The van der Waals surface area contributed by atoms with Gasteiger partial charge in [-0.1, -0.05) is 33.6 Å². The van der Waals surface area contributed by atoms with Gasteiger partial charge in [0.1, 0.15) is 11.6 Å². The topological polar surface area (TPSA) is 21.3 Å². The number of benzene rings is 2. The molecular formula is C15H13Br2ClFNO. The van der Waals surface area contributed by atoms with Gasteiger partial charge < -0.3 is 10.1 Å². The van der Waals surface area contributed by atoms with E-state index in [1.807, 2.05) is 0 Å². The Balaban J connectivity index is 2.67. The lowest BCUT2D eigenvalue weighted by Crippen LogP contribution is -2.20. The molecule has 0 bridgehead atoms. The number of hydrogen-bond donors (Lipinski definition) is 1. The highest BCUT2D eigenvalue weighted by Gasteiger charge is 2.24. The Morgan fingerprint density at radius 3 is 2.52 bits per heavy atom. The normalized spacial score (nSPS) is 12.3. The quantitative estimate of drug-likeness (QED) is 0.699. The van der Waals surface area contributed by atoms with Gasteiger partial charge in [0.25, 0.3) is 0 Å². The first-order valence-electron chi connectivity index (χ1n) is 6.13. The molecule has 0 spiro atoms. The van der Waals surface area contributed by atoms with Crippen LogP contribution in [-0.4, -0.2) is 14.2 Å². The van der Waals surface area contributed by atoms with Crippen LogP contribution in [0.2, 0.25) is 5.02 Å². The summed E-state index contributed by atoms with van der Waals surface area (Å²) in [7, 11) is 3.33. The zero-order valence-corrected chi connectivity index (χ0v) is 15.3. The zero-order valence-electron chi connectivity index (χ0n) is 11.4. The van der Waals surface area contributed by atoms with Gasteiger partial charge in [0, 0.05) is 20.6 Å². The SMILES string of the molecule is CNC(c1cc(Cl)cc(Br)c1OC)c1c(F)cccc1Br. The minimum atomic E-state index is -0.398. The van der Waals surface area contributed by atoms with Crippen LogP contribution in [0.25, 0.3) is 0 Å². The fourth-order valence-electron chi connectivity index (χ4n) is 2.25. The van der Waals surface area contributed by atoms with E-state index in [2.05, 4.69) is 37.2 Å². The predicted molar refractivity (Wildman–Crippen MR) is 90.7 cm³/mol. The first kappa shape index (κ1) is 16.7. The third-order valence-electron chi connectivity index (χ3n) is 3.13. The third kappa shape index (κ3) is 3.42. The molecule has 0 heterocycles. The zero-order chi connectivity index (χ0) is 15.6. The maximum Gasteiger partial charge on any atom is 0.138 e. The summed E-state index contributed by atoms with van der Waals surface area (Å²) in [4.78, 5) is 0. The van der Waals surface area contributed by atoms with Crippen LogP contribution in [0.4, 0.5) is 4.39 Å². The molecule has 112 valence electrons. The lowest BCUT2D eigenvalue weighted by Gasteiger charge is -2.22. The van der Waals surface area contributed by atoms with E-state index in [1.54, 1.807) is 38.4 Å². The molecule has 0 aliphatic heterocycles. The number of rotatable bonds is 4. The summed E-state index contributed by atoms with van der Waals surface area (Å²) in [5.74, 6) is 0.316. The Kier molecular flexibility index (Phi) is 5.66. The Labute approximate surface area is 144 Å². The van der Waals surface area contributed by atoms with E-state index in [0.717, 1.165) is 10.0 Å². The van der Waals surface area contributed by atoms with Crippen LogP contribution < -0.4 is 10.1 Å². The minimum Gasteiger partial charge on any atom is -0.495 e. The van der Waals surface area contributed by atoms with E-state index in [9.17, 15) is 4.39 Å². The Morgan fingerprint density at radius 2 is 1.95 bits per heavy atom. The van der Waals surface area contributed by atoms with E-state index in [4.69, 9.17) is 16.3 Å². The largest absolute Gasteiger partial charge is 0.495 e. The first-order valence-corrected chi connectivity index (χ1v) is 8.10. The van der Waals surface area contributed by atoms with Gasteiger partial charge >= 0.3 is 0 Å². The maximum atomic E-state index is 14.3. The smallest absolute Gasteiger partial charge is 0.138 e. The lowest BCUT2D eigenvalue weighted by molar-refractivity contribution is 0.402. The molecule has 0 aromatic heterocycles. The van der Waals surface area contributed by atoms with Gasteiger partial charge in [0.15, 0.2) is 0 Å². The van der Waals surface area contributed by atoms with E-state index < -0.39 is 6.04 Å². The first-order chi connectivity index (χ1) is 9.99. The summed E-state index contributed by atoms with van der Waals surface area (Å²) in [6, 6.07) is 8.00. The van der Waals surface area contributed by atoms with Gasteiger partial charge in [-0.15, -0.1) is 0 Å². The van der Waals surface area contributed by atoms with Crippen molar-refractivity contribution < 1.29 is 9.13 Å². The van der Waals surface area contributed by atoms with Crippen molar-refractivity contribution in [2.75, 3.05) is 14.2 Å². The molecule has 1 atom stereocenters. The molecule has 2 nitrogen and oxygen atoms in total.